The zero-order valence-electron chi connectivity index (χ0n) is 12.3. The SMILES string of the molecule is C[C@@H]1c2ccccc2[C@H](Sc2ccccc2)[C@@H](C)N1C=O. The first-order valence-corrected chi connectivity index (χ1v) is 8.13. The summed E-state index contributed by atoms with van der Waals surface area (Å²) < 4.78 is 0. The second-order valence-electron chi connectivity index (χ2n) is 5.45. The van der Waals surface area contributed by atoms with E-state index in [4.69, 9.17) is 0 Å². The minimum Gasteiger partial charge on any atom is -0.334 e. The van der Waals surface area contributed by atoms with Crippen molar-refractivity contribution in [3.05, 3.63) is 65.7 Å². The van der Waals surface area contributed by atoms with E-state index < -0.39 is 0 Å². The molecule has 3 atom stereocenters. The lowest BCUT2D eigenvalue weighted by atomic mass is 9.89. The number of rotatable bonds is 3. The van der Waals surface area contributed by atoms with Gasteiger partial charge in [0.2, 0.25) is 6.41 Å². The van der Waals surface area contributed by atoms with Crippen LogP contribution in [0.25, 0.3) is 0 Å². The van der Waals surface area contributed by atoms with Gasteiger partial charge in [-0.1, -0.05) is 42.5 Å². The third kappa shape index (κ3) is 2.58. The van der Waals surface area contributed by atoms with Crippen molar-refractivity contribution in [2.24, 2.45) is 0 Å². The molecule has 1 amide bonds. The van der Waals surface area contributed by atoms with Crippen LogP contribution in [0.15, 0.2) is 59.5 Å². The van der Waals surface area contributed by atoms with Crippen LogP contribution in [-0.2, 0) is 4.79 Å². The number of benzene rings is 2. The lowest BCUT2D eigenvalue weighted by Gasteiger charge is -2.42. The third-order valence-electron chi connectivity index (χ3n) is 4.24. The van der Waals surface area contributed by atoms with E-state index in [9.17, 15) is 4.79 Å². The van der Waals surface area contributed by atoms with Gasteiger partial charge in [0.1, 0.15) is 0 Å². The molecule has 0 saturated heterocycles. The lowest BCUT2D eigenvalue weighted by molar-refractivity contribution is -0.122. The second-order valence-corrected chi connectivity index (χ2v) is 6.66. The van der Waals surface area contributed by atoms with Crippen molar-refractivity contribution < 1.29 is 4.79 Å². The van der Waals surface area contributed by atoms with Crippen LogP contribution >= 0.6 is 11.8 Å². The number of carbonyl (C=O) groups is 1. The van der Waals surface area contributed by atoms with Crippen LogP contribution in [0.4, 0.5) is 0 Å². The van der Waals surface area contributed by atoms with E-state index >= 15 is 0 Å². The Kier molecular flexibility index (Phi) is 4.02. The molecule has 3 heteroatoms. The van der Waals surface area contributed by atoms with Gasteiger partial charge in [-0.3, -0.25) is 4.79 Å². The van der Waals surface area contributed by atoms with Crippen LogP contribution in [0.3, 0.4) is 0 Å². The number of hydrogen-bond acceptors (Lipinski definition) is 2. The molecule has 108 valence electrons. The van der Waals surface area contributed by atoms with Crippen molar-refractivity contribution in [2.75, 3.05) is 0 Å². The highest BCUT2D eigenvalue weighted by Gasteiger charge is 2.36. The minimum absolute atomic E-state index is 0.140. The molecule has 0 saturated carbocycles. The number of amides is 1. The molecule has 3 rings (SSSR count). The molecule has 2 aromatic carbocycles. The molecule has 0 spiro atoms. The van der Waals surface area contributed by atoms with Crippen LogP contribution in [-0.4, -0.2) is 17.4 Å². The standard InChI is InChI=1S/C18H19NOS/c1-13-16-10-6-7-11-17(16)18(14(2)19(13)12-20)21-15-8-4-3-5-9-15/h3-14,18H,1-2H3/t13-,14-,18-/m1/s1. The summed E-state index contributed by atoms with van der Waals surface area (Å²) >= 11 is 1.84. The first-order chi connectivity index (χ1) is 10.2. The molecule has 21 heavy (non-hydrogen) atoms. The van der Waals surface area contributed by atoms with Gasteiger partial charge in [-0.05, 0) is 37.1 Å². The summed E-state index contributed by atoms with van der Waals surface area (Å²) in [6.45, 7) is 4.24. The Balaban J connectivity index is 2.01. The third-order valence-corrected chi connectivity index (χ3v) is 5.68. The topological polar surface area (TPSA) is 20.3 Å². The summed E-state index contributed by atoms with van der Waals surface area (Å²) in [6.07, 6.45) is 0.990. The number of thioether (sulfide) groups is 1. The number of nitrogens with zero attached hydrogens (tertiary/aromatic N) is 1. The van der Waals surface area contributed by atoms with Crippen molar-refractivity contribution in [1.29, 1.82) is 0 Å². The molecule has 0 aromatic heterocycles. The quantitative estimate of drug-likeness (QED) is 0.781. The maximum Gasteiger partial charge on any atom is 0.210 e. The number of carbonyl (C=O) groups excluding carboxylic acids is 1. The molecule has 0 bridgehead atoms. The summed E-state index contributed by atoms with van der Waals surface area (Å²) in [5, 5.41) is 0.269. The van der Waals surface area contributed by atoms with Crippen molar-refractivity contribution in [3.63, 3.8) is 0 Å². The van der Waals surface area contributed by atoms with E-state index in [2.05, 4.69) is 62.4 Å². The Morgan fingerprint density at radius 1 is 0.952 bits per heavy atom. The Labute approximate surface area is 130 Å². The molecule has 0 fully saturated rings. The Morgan fingerprint density at radius 3 is 2.24 bits per heavy atom. The van der Waals surface area contributed by atoms with Gasteiger partial charge in [0, 0.05) is 10.9 Å². The molecule has 2 nitrogen and oxygen atoms in total. The normalized spacial score (nSPS) is 24.5. The van der Waals surface area contributed by atoms with Crippen molar-refractivity contribution in [3.8, 4) is 0 Å². The molecule has 0 radical (unpaired) electrons. The van der Waals surface area contributed by atoms with Crippen molar-refractivity contribution in [1.82, 2.24) is 4.90 Å². The molecule has 0 N–H and O–H groups in total. The van der Waals surface area contributed by atoms with Crippen LogP contribution in [0.5, 0.6) is 0 Å². The minimum atomic E-state index is 0.140. The van der Waals surface area contributed by atoms with Crippen LogP contribution in [0, 0.1) is 0 Å². The highest BCUT2D eigenvalue weighted by Crippen LogP contribution is 2.47. The zero-order valence-corrected chi connectivity index (χ0v) is 13.1. The molecule has 2 aromatic rings. The van der Waals surface area contributed by atoms with E-state index in [1.807, 2.05) is 22.7 Å². The summed E-state index contributed by atoms with van der Waals surface area (Å²) in [5.74, 6) is 0. The molecule has 0 aliphatic carbocycles. The van der Waals surface area contributed by atoms with Crippen LogP contribution in [0.2, 0.25) is 0 Å². The monoisotopic (exact) mass is 297 g/mol. The Hall–Kier alpha value is -1.74. The molecule has 1 aliphatic rings. The largest absolute Gasteiger partial charge is 0.334 e. The van der Waals surface area contributed by atoms with E-state index in [-0.39, 0.29) is 17.3 Å². The van der Waals surface area contributed by atoms with E-state index in [1.54, 1.807) is 0 Å². The summed E-state index contributed by atoms with van der Waals surface area (Å²) in [7, 11) is 0. The lowest BCUT2D eigenvalue weighted by Crippen LogP contribution is -2.41. The Morgan fingerprint density at radius 2 is 1.57 bits per heavy atom. The highest BCUT2D eigenvalue weighted by molar-refractivity contribution is 7.99. The van der Waals surface area contributed by atoms with E-state index in [0.717, 1.165) is 6.41 Å². The van der Waals surface area contributed by atoms with Gasteiger partial charge >= 0.3 is 0 Å². The van der Waals surface area contributed by atoms with E-state index in [0.29, 0.717) is 0 Å². The zero-order chi connectivity index (χ0) is 14.8. The smallest absolute Gasteiger partial charge is 0.210 e. The predicted octanol–water partition coefficient (Wildman–Crippen LogP) is 4.44. The average molecular weight is 297 g/mol. The van der Waals surface area contributed by atoms with Crippen LogP contribution in [0.1, 0.15) is 36.3 Å². The van der Waals surface area contributed by atoms with Gasteiger partial charge in [-0.25, -0.2) is 0 Å². The Bertz CT molecular complexity index is 628. The average Bonchev–Trinajstić information content (AvgIpc) is 2.53. The summed E-state index contributed by atoms with van der Waals surface area (Å²) in [5.41, 5.74) is 2.61. The fraction of sp³-hybridized carbons (Fsp3) is 0.278. The summed E-state index contributed by atoms with van der Waals surface area (Å²) in [4.78, 5) is 14.7. The number of fused-ring (bicyclic) bond motifs is 1. The predicted molar refractivity (Wildman–Crippen MR) is 87.3 cm³/mol. The fourth-order valence-corrected chi connectivity index (χ4v) is 4.36. The summed E-state index contributed by atoms with van der Waals surface area (Å²) in [6, 6.07) is 19.2. The molecule has 1 heterocycles. The maximum atomic E-state index is 11.5. The molecular formula is C18H19NOS. The molecule has 1 aliphatic heterocycles. The van der Waals surface area contributed by atoms with Gasteiger partial charge in [-0.15, -0.1) is 11.8 Å². The first kappa shape index (κ1) is 14.2. The van der Waals surface area contributed by atoms with Gasteiger partial charge in [0.05, 0.1) is 11.3 Å². The van der Waals surface area contributed by atoms with Gasteiger partial charge < -0.3 is 4.90 Å². The van der Waals surface area contributed by atoms with E-state index in [1.165, 1.54) is 16.0 Å². The van der Waals surface area contributed by atoms with Gasteiger partial charge in [-0.2, -0.15) is 0 Å². The second kappa shape index (κ2) is 5.94. The fourth-order valence-electron chi connectivity index (χ4n) is 3.07. The van der Waals surface area contributed by atoms with Gasteiger partial charge in [0.25, 0.3) is 0 Å². The van der Waals surface area contributed by atoms with Gasteiger partial charge in [0.15, 0.2) is 0 Å². The maximum absolute atomic E-state index is 11.5. The highest BCUT2D eigenvalue weighted by atomic mass is 32.2. The van der Waals surface area contributed by atoms with Crippen LogP contribution < -0.4 is 0 Å². The van der Waals surface area contributed by atoms with Crippen molar-refractivity contribution in [2.45, 2.75) is 36.1 Å². The molecular weight excluding hydrogens is 278 g/mol. The van der Waals surface area contributed by atoms with Crippen molar-refractivity contribution >= 4 is 18.2 Å². The number of hydrogen-bond donors (Lipinski definition) is 0. The molecule has 0 unspecified atom stereocenters. The first-order valence-electron chi connectivity index (χ1n) is 7.25.